The number of hydrogen-bond donors (Lipinski definition) is 0. The Morgan fingerprint density at radius 1 is 1.10 bits per heavy atom. The first kappa shape index (κ1) is 14.4. The van der Waals surface area contributed by atoms with E-state index in [9.17, 15) is 4.79 Å². The minimum atomic E-state index is 0.0360. The highest BCUT2D eigenvalue weighted by molar-refractivity contribution is 5.97. The lowest BCUT2D eigenvalue weighted by Crippen LogP contribution is -2.10. The van der Waals surface area contributed by atoms with Crippen molar-refractivity contribution in [2.24, 2.45) is 0 Å². The molecule has 0 amide bonds. The standard InChI is InChI=1S/C17H19NO2/c1-14-4-6-16(7-5-14)17(19)13-20-12-2-3-15-8-10-18-11-9-15/h4-11H,2-3,12-13H2,1H3. The van der Waals surface area contributed by atoms with E-state index in [1.807, 2.05) is 43.3 Å². The molecule has 0 unspecified atom stereocenters. The molecular formula is C17H19NO2. The average Bonchev–Trinajstić information content (AvgIpc) is 2.48. The quantitative estimate of drug-likeness (QED) is 0.572. The van der Waals surface area contributed by atoms with Gasteiger partial charge in [-0.3, -0.25) is 9.78 Å². The van der Waals surface area contributed by atoms with Crippen LogP contribution in [0.4, 0.5) is 0 Å². The van der Waals surface area contributed by atoms with Gasteiger partial charge in [-0.15, -0.1) is 0 Å². The third-order valence-corrected chi connectivity index (χ3v) is 3.11. The van der Waals surface area contributed by atoms with E-state index >= 15 is 0 Å². The number of pyridine rings is 1. The maximum Gasteiger partial charge on any atom is 0.188 e. The van der Waals surface area contributed by atoms with Crippen molar-refractivity contribution >= 4 is 5.78 Å². The van der Waals surface area contributed by atoms with Crippen LogP contribution in [0.2, 0.25) is 0 Å². The molecule has 3 nitrogen and oxygen atoms in total. The first-order valence-electron chi connectivity index (χ1n) is 6.82. The number of hydrogen-bond acceptors (Lipinski definition) is 3. The summed E-state index contributed by atoms with van der Waals surface area (Å²) in [5.41, 5.74) is 3.11. The zero-order valence-electron chi connectivity index (χ0n) is 11.7. The second kappa shape index (κ2) is 7.56. The molecule has 1 aromatic heterocycles. The van der Waals surface area contributed by atoms with Crippen molar-refractivity contribution in [1.82, 2.24) is 4.98 Å². The second-order valence-corrected chi connectivity index (χ2v) is 4.80. The van der Waals surface area contributed by atoms with Crippen LogP contribution in [0.3, 0.4) is 0 Å². The highest BCUT2D eigenvalue weighted by Crippen LogP contribution is 2.05. The molecule has 0 atom stereocenters. The number of carbonyl (C=O) groups excluding carboxylic acids is 1. The van der Waals surface area contributed by atoms with Crippen LogP contribution in [-0.4, -0.2) is 24.0 Å². The Bertz CT molecular complexity index is 535. The maximum absolute atomic E-state index is 11.9. The second-order valence-electron chi connectivity index (χ2n) is 4.80. The monoisotopic (exact) mass is 269 g/mol. The van der Waals surface area contributed by atoms with Crippen molar-refractivity contribution in [3.63, 3.8) is 0 Å². The summed E-state index contributed by atoms with van der Waals surface area (Å²) in [7, 11) is 0. The lowest BCUT2D eigenvalue weighted by molar-refractivity contribution is 0.0756. The van der Waals surface area contributed by atoms with Crippen LogP contribution in [-0.2, 0) is 11.2 Å². The van der Waals surface area contributed by atoms with Gasteiger partial charge in [-0.1, -0.05) is 29.8 Å². The van der Waals surface area contributed by atoms with E-state index in [-0.39, 0.29) is 12.4 Å². The number of benzene rings is 1. The molecule has 0 N–H and O–H groups in total. The Hall–Kier alpha value is -2.00. The Kier molecular flexibility index (Phi) is 5.44. The molecule has 0 saturated carbocycles. The van der Waals surface area contributed by atoms with E-state index in [0.717, 1.165) is 18.4 Å². The fourth-order valence-corrected chi connectivity index (χ4v) is 1.92. The summed E-state index contributed by atoms with van der Waals surface area (Å²) in [6.07, 6.45) is 5.43. The first-order chi connectivity index (χ1) is 9.75. The van der Waals surface area contributed by atoms with Gasteiger partial charge >= 0.3 is 0 Å². The molecule has 0 fully saturated rings. The van der Waals surface area contributed by atoms with Gasteiger partial charge in [0.15, 0.2) is 5.78 Å². The molecule has 0 radical (unpaired) electrons. The van der Waals surface area contributed by atoms with Crippen LogP contribution in [0.1, 0.15) is 27.9 Å². The first-order valence-corrected chi connectivity index (χ1v) is 6.82. The fourth-order valence-electron chi connectivity index (χ4n) is 1.92. The minimum Gasteiger partial charge on any atom is -0.373 e. The number of aryl methyl sites for hydroxylation is 2. The fraction of sp³-hybridized carbons (Fsp3) is 0.294. The van der Waals surface area contributed by atoms with Gasteiger partial charge in [-0.05, 0) is 37.5 Å². The number of aromatic nitrogens is 1. The Balaban J connectivity index is 1.66. The van der Waals surface area contributed by atoms with Crippen molar-refractivity contribution in [3.8, 4) is 0 Å². The molecule has 1 aromatic carbocycles. The number of nitrogens with zero attached hydrogens (tertiary/aromatic N) is 1. The predicted molar refractivity (Wildman–Crippen MR) is 78.9 cm³/mol. The van der Waals surface area contributed by atoms with E-state index in [1.165, 1.54) is 5.56 Å². The van der Waals surface area contributed by atoms with Gasteiger partial charge in [0.2, 0.25) is 0 Å². The van der Waals surface area contributed by atoms with Crippen LogP contribution in [0.5, 0.6) is 0 Å². The number of ether oxygens (including phenoxy) is 1. The molecule has 0 aliphatic heterocycles. The van der Waals surface area contributed by atoms with E-state index in [0.29, 0.717) is 12.2 Å². The lowest BCUT2D eigenvalue weighted by Gasteiger charge is -2.04. The lowest BCUT2D eigenvalue weighted by atomic mass is 10.1. The summed E-state index contributed by atoms with van der Waals surface area (Å²) in [6, 6.07) is 11.6. The summed E-state index contributed by atoms with van der Waals surface area (Å²) in [5.74, 6) is 0.0360. The van der Waals surface area contributed by atoms with Crippen LogP contribution >= 0.6 is 0 Å². The number of ketones is 1. The molecular weight excluding hydrogens is 250 g/mol. The molecule has 3 heteroatoms. The third-order valence-electron chi connectivity index (χ3n) is 3.11. The smallest absolute Gasteiger partial charge is 0.188 e. The van der Waals surface area contributed by atoms with Crippen LogP contribution in [0, 0.1) is 6.92 Å². The van der Waals surface area contributed by atoms with Gasteiger partial charge in [-0.25, -0.2) is 0 Å². The van der Waals surface area contributed by atoms with E-state index < -0.39 is 0 Å². The molecule has 0 bridgehead atoms. The van der Waals surface area contributed by atoms with Gasteiger partial charge in [0, 0.05) is 24.6 Å². The molecule has 0 spiro atoms. The summed E-state index contributed by atoms with van der Waals surface area (Å²) >= 11 is 0. The normalized spacial score (nSPS) is 10.4. The van der Waals surface area contributed by atoms with Gasteiger partial charge in [0.05, 0.1) is 0 Å². The van der Waals surface area contributed by atoms with Gasteiger partial charge in [0.25, 0.3) is 0 Å². The molecule has 0 aliphatic rings. The van der Waals surface area contributed by atoms with E-state index in [2.05, 4.69) is 4.98 Å². The molecule has 2 rings (SSSR count). The van der Waals surface area contributed by atoms with E-state index in [4.69, 9.17) is 4.74 Å². The van der Waals surface area contributed by atoms with Crippen molar-refractivity contribution in [2.75, 3.05) is 13.2 Å². The highest BCUT2D eigenvalue weighted by atomic mass is 16.5. The molecule has 1 heterocycles. The summed E-state index contributed by atoms with van der Waals surface area (Å²) < 4.78 is 5.44. The molecule has 20 heavy (non-hydrogen) atoms. The minimum absolute atomic E-state index is 0.0360. The van der Waals surface area contributed by atoms with Crippen LogP contribution in [0.15, 0.2) is 48.8 Å². The maximum atomic E-state index is 11.9. The molecule has 104 valence electrons. The van der Waals surface area contributed by atoms with Crippen LogP contribution < -0.4 is 0 Å². The van der Waals surface area contributed by atoms with Crippen LogP contribution in [0.25, 0.3) is 0 Å². The highest BCUT2D eigenvalue weighted by Gasteiger charge is 2.05. The van der Waals surface area contributed by atoms with Crippen molar-refractivity contribution < 1.29 is 9.53 Å². The Labute approximate surface area is 119 Å². The largest absolute Gasteiger partial charge is 0.373 e. The molecule has 0 saturated heterocycles. The number of carbonyl (C=O) groups is 1. The zero-order valence-corrected chi connectivity index (χ0v) is 11.7. The number of rotatable bonds is 7. The predicted octanol–water partition coefficient (Wildman–Crippen LogP) is 3.22. The average molecular weight is 269 g/mol. The van der Waals surface area contributed by atoms with Gasteiger partial charge in [0.1, 0.15) is 6.61 Å². The van der Waals surface area contributed by atoms with E-state index in [1.54, 1.807) is 12.4 Å². The van der Waals surface area contributed by atoms with Crippen molar-refractivity contribution in [3.05, 3.63) is 65.5 Å². The molecule has 2 aromatic rings. The van der Waals surface area contributed by atoms with Crippen molar-refractivity contribution in [1.29, 1.82) is 0 Å². The summed E-state index contributed by atoms with van der Waals surface area (Å²) in [5, 5.41) is 0. The Morgan fingerprint density at radius 3 is 2.50 bits per heavy atom. The van der Waals surface area contributed by atoms with Gasteiger partial charge in [-0.2, -0.15) is 0 Å². The SMILES string of the molecule is Cc1ccc(C(=O)COCCCc2ccncc2)cc1. The Morgan fingerprint density at radius 2 is 1.80 bits per heavy atom. The topological polar surface area (TPSA) is 39.2 Å². The van der Waals surface area contributed by atoms with Crippen molar-refractivity contribution in [2.45, 2.75) is 19.8 Å². The van der Waals surface area contributed by atoms with Gasteiger partial charge < -0.3 is 4.74 Å². The summed E-state index contributed by atoms with van der Waals surface area (Å²) in [4.78, 5) is 15.8. The summed E-state index contributed by atoms with van der Waals surface area (Å²) in [6.45, 7) is 2.75. The molecule has 0 aliphatic carbocycles. The number of Topliss-reactive ketones (excluding diaryl/α,β-unsaturated/α-hetero) is 1. The zero-order chi connectivity index (χ0) is 14.2. The third kappa shape index (κ3) is 4.59.